The van der Waals surface area contributed by atoms with Crippen LogP contribution >= 0.6 is 27.3 Å². The second kappa shape index (κ2) is 5.57. The Kier molecular flexibility index (Phi) is 4.69. The predicted molar refractivity (Wildman–Crippen MR) is 58.5 cm³/mol. The number of hydrogen-bond donors (Lipinski definition) is 0. The fraction of sp³-hybridized carbons (Fsp3) is 0.625. The van der Waals surface area contributed by atoms with Gasteiger partial charge in [-0.15, -0.1) is 0 Å². The predicted octanol–water partition coefficient (Wildman–Crippen LogP) is 2.24. The SMILES string of the molecule is CN(C)CCCOc1nc(Br)cs1. The third-order valence-electron chi connectivity index (χ3n) is 1.43. The number of rotatable bonds is 5. The van der Waals surface area contributed by atoms with Crippen molar-refractivity contribution in [1.29, 1.82) is 0 Å². The van der Waals surface area contributed by atoms with Crippen LogP contribution in [0.4, 0.5) is 0 Å². The van der Waals surface area contributed by atoms with Crippen molar-refractivity contribution in [1.82, 2.24) is 9.88 Å². The quantitative estimate of drug-likeness (QED) is 0.763. The first-order valence-corrected chi connectivity index (χ1v) is 5.74. The van der Waals surface area contributed by atoms with Crippen LogP contribution in [0.15, 0.2) is 9.98 Å². The maximum absolute atomic E-state index is 5.43. The Morgan fingerprint density at radius 3 is 2.92 bits per heavy atom. The second-order valence-electron chi connectivity index (χ2n) is 2.94. The van der Waals surface area contributed by atoms with Crippen molar-refractivity contribution in [2.75, 3.05) is 27.2 Å². The number of nitrogens with zero attached hydrogens (tertiary/aromatic N) is 2. The number of hydrogen-bond acceptors (Lipinski definition) is 4. The van der Waals surface area contributed by atoms with Gasteiger partial charge in [-0.3, -0.25) is 0 Å². The van der Waals surface area contributed by atoms with Crippen molar-refractivity contribution >= 4 is 27.3 Å². The lowest BCUT2D eigenvalue weighted by atomic mass is 10.4. The molecule has 0 amide bonds. The molecule has 0 fully saturated rings. The molecule has 0 radical (unpaired) electrons. The molecule has 0 aliphatic carbocycles. The fourth-order valence-electron chi connectivity index (χ4n) is 0.845. The van der Waals surface area contributed by atoms with Crippen LogP contribution in [-0.2, 0) is 0 Å². The molecule has 3 nitrogen and oxygen atoms in total. The largest absolute Gasteiger partial charge is 0.470 e. The lowest BCUT2D eigenvalue weighted by Gasteiger charge is -2.08. The van der Waals surface area contributed by atoms with E-state index in [1.54, 1.807) is 0 Å². The van der Waals surface area contributed by atoms with Gasteiger partial charge >= 0.3 is 0 Å². The Balaban J connectivity index is 2.13. The van der Waals surface area contributed by atoms with E-state index in [2.05, 4.69) is 39.9 Å². The zero-order valence-electron chi connectivity index (χ0n) is 7.79. The normalized spacial score (nSPS) is 10.8. The molecule has 0 aliphatic rings. The summed E-state index contributed by atoms with van der Waals surface area (Å²) in [5.74, 6) is 0. The minimum atomic E-state index is 0.734. The first-order chi connectivity index (χ1) is 6.18. The topological polar surface area (TPSA) is 25.4 Å². The first-order valence-electron chi connectivity index (χ1n) is 4.07. The second-order valence-corrected chi connectivity index (χ2v) is 4.57. The molecular formula is C8H13BrN2OS. The van der Waals surface area contributed by atoms with Crippen LogP contribution in [0.5, 0.6) is 5.19 Å². The Labute approximate surface area is 90.9 Å². The van der Waals surface area contributed by atoms with Crippen LogP contribution < -0.4 is 4.74 Å². The first kappa shape index (κ1) is 10.9. The Hall–Kier alpha value is -0.130. The molecule has 0 saturated heterocycles. The summed E-state index contributed by atoms with van der Waals surface area (Å²) in [7, 11) is 4.11. The third kappa shape index (κ3) is 4.59. The van der Waals surface area contributed by atoms with Gasteiger partial charge in [-0.1, -0.05) is 11.3 Å². The summed E-state index contributed by atoms with van der Waals surface area (Å²) < 4.78 is 6.28. The Bertz CT molecular complexity index is 252. The highest BCUT2D eigenvalue weighted by atomic mass is 79.9. The molecule has 13 heavy (non-hydrogen) atoms. The van der Waals surface area contributed by atoms with Crippen molar-refractivity contribution in [3.8, 4) is 5.19 Å². The van der Waals surface area contributed by atoms with Crippen LogP contribution in [0.1, 0.15) is 6.42 Å². The van der Waals surface area contributed by atoms with Crippen LogP contribution in [0, 0.1) is 0 Å². The third-order valence-corrected chi connectivity index (χ3v) is 2.89. The molecule has 1 aromatic heterocycles. The van der Waals surface area contributed by atoms with E-state index in [4.69, 9.17) is 4.74 Å². The molecule has 0 bridgehead atoms. The van der Waals surface area contributed by atoms with Crippen molar-refractivity contribution < 1.29 is 4.74 Å². The van der Waals surface area contributed by atoms with Crippen molar-refractivity contribution in [3.05, 3.63) is 9.98 Å². The van der Waals surface area contributed by atoms with Crippen LogP contribution in [0.2, 0.25) is 0 Å². The zero-order chi connectivity index (χ0) is 9.68. The lowest BCUT2D eigenvalue weighted by Crippen LogP contribution is -2.15. The van der Waals surface area contributed by atoms with E-state index >= 15 is 0 Å². The molecule has 0 aliphatic heterocycles. The van der Waals surface area contributed by atoms with E-state index in [9.17, 15) is 0 Å². The van der Waals surface area contributed by atoms with Gasteiger partial charge in [0.25, 0.3) is 5.19 Å². The van der Waals surface area contributed by atoms with Crippen LogP contribution in [0.3, 0.4) is 0 Å². The van der Waals surface area contributed by atoms with E-state index in [1.807, 2.05) is 5.38 Å². The molecule has 1 rings (SSSR count). The van der Waals surface area contributed by atoms with Gasteiger partial charge in [-0.05, 0) is 36.4 Å². The molecule has 74 valence electrons. The minimum Gasteiger partial charge on any atom is -0.470 e. The molecule has 0 atom stereocenters. The molecule has 0 unspecified atom stereocenters. The van der Waals surface area contributed by atoms with Gasteiger partial charge in [-0.25, -0.2) is 0 Å². The monoisotopic (exact) mass is 264 g/mol. The maximum Gasteiger partial charge on any atom is 0.274 e. The molecule has 5 heteroatoms. The van der Waals surface area contributed by atoms with Crippen molar-refractivity contribution in [2.45, 2.75) is 6.42 Å². The summed E-state index contributed by atoms with van der Waals surface area (Å²) in [4.78, 5) is 6.27. The van der Waals surface area contributed by atoms with Gasteiger partial charge in [0.2, 0.25) is 0 Å². The van der Waals surface area contributed by atoms with E-state index < -0.39 is 0 Å². The highest BCUT2D eigenvalue weighted by Gasteiger charge is 1.99. The lowest BCUT2D eigenvalue weighted by molar-refractivity contribution is 0.280. The number of thiazole rings is 1. The number of aromatic nitrogens is 1. The summed E-state index contributed by atoms with van der Waals surface area (Å²) in [6.45, 7) is 1.78. The molecule has 1 heterocycles. The number of halogens is 1. The van der Waals surface area contributed by atoms with Crippen LogP contribution in [-0.4, -0.2) is 37.1 Å². The van der Waals surface area contributed by atoms with Crippen molar-refractivity contribution in [3.63, 3.8) is 0 Å². The summed E-state index contributed by atoms with van der Waals surface area (Å²) >= 11 is 4.79. The Morgan fingerprint density at radius 2 is 2.38 bits per heavy atom. The molecular weight excluding hydrogens is 252 g/mol. The number of ether oxygens (including phenoxy) is 1. The average molecular weight is 265 g/mol. The van der Waals surface area contributed by atoms with Crippen LogP contribution in [0.25, 0.3) is 0 Å². The Morgan fingerprint density at radius 1 is 1.62 bits per heavy atom. The smallest absolute Gasteiger partial charge is 0.274 e. The van der Waals surface area contributed by atoms with E-state index in [-0.39, 0.29) is 0 Å². The van der Waals surface area contributed by atoms with Gasteiger partial charge in [0.1, 0.15) is 4.60 Å². The van der Waals surface area contributed by atoms with Crippen molar-refractivity contribution in [2.24, 2.45) is 0 Å². The summed E-state index contributed by atoms with van der Waals surface area (Å²) in [5, 5.41) is 2.66. The van der Waals surface area contributed by atoms with E-state index in [0.29, 0.717) is 0 Å². The molecule has 0 spiro atoms. The molecule has 0 aromatic carbocycles. The highest BCUT2D eigenvalue weighted by Crippen LogP contribution is 2.21. The molecule has 1 aromatic rings. The van der Waals surface area contributed by atoms with Gasteiger partial charge < -0.3 is 9.64 Å². The summed E-state index contributed by atoms with van der Waals surface area (Å²) in [6, 6.07) is 0. The standard InChI is InChI=1S/C8H13BrN2OS/c1-11(2)4-3-5-12-8-10-7(9)6-13-8/h6H,3-5H2,1-2H3. The molecule has 0 N–H and O–H groups in total. The van der Waals surface area contributed by atoms with E-state index in [1.165, 1.54) is 11.3 Å². The van der Waals surface area contributed by atoms with Gasteiger partial charge in [0.15, 0.2) is 0 Å². The highest BCUT2D eigenvalue weighted by molar-refractivity contribution is 9.10. The van der Waals surface area contributed by atoms with E-state index in [0.717, 1.165) is 29.4 Å². The molecule has 0 saturated carbocycles. The van der Waals surface area contributed by atoms with Gasteiger partial charge in [0, 0.05) is 11.9 Å². The van der Waals surface area contributed by atoms with Gasteiger partial charge in [0.05, 0.1) is 6.61 Å². The zero-order valence-corrected chi connectivity index (χ0v) is 10.2. The minimum absolute atomic E-state index is 0.734. The summed E-state index contributed by atoms with van der Waals surface area (Å²) in [6.07, 6.45) is 1.03. The fourth-order valence-corrected chi connectivity index (χ4v) is 1.96. The average Bonchev–Trinajstić information content (AvgIpc) is 2.45. The maximum atomic E-state index is 5.43. The summed E-state index contributed by atoms with van der Waals surface area (Å²) in [5.41, 5.74) is 0. The van der Waals surface area contributed by atoms with Gasteiger partial charge in [-0.2, -0.15) is 4.98 Å².